The van der Waals surface area contributed by atoms with Gasteiger partial charge >= 0.3 is 5.97 Å². The Morgan fingerprint density at radius 2 is 1.94 bits per heavy atom. The van der Waals surface area contributed by atoms with E-state index in [0.717, 1.165) is 32.1 Å². The van der Waals surface area contributed by atoms with Crippen molar-refractivity contribution < 1.29 is 24.2 Å². The third-order valence-corrected chi connectivity index (χ3v) is 10.2. The summed E-state index contributed by atoms with van der Waals surface area (Å²) >= 11 is 1.57. The minimum Gasteiger partial charge on any atom is -0.465 e. The first kappa shape index (κ1) is 26.3. The molecule has 194 valence electrons. The van der Waals surface area contributed by atoms with E-state index in [4.69, 9.17) is 4.74 Å². The van der Waals surface area contributed by atoms with Crippen LogP contribution < -0.4 is 0 Å². The molecule has 1 N–H and O–H groups in total. The maximum Gasteiger partial charge on any atom is 0.311 e. The van der Waals surface area contributed by atoms with E-state index in [9.17, 15) is 19.5 Å². The Hall–Kier alpha value is -1.80. The van der Waals surface area contributed by atoms with Gasteiger partial charge in [-0.05, 0) is 32.1 Å². The van der Waals surface area contributed by atoms with Crippen LogP contribution in [0.5, 0.6) is 0 Å². The largest absolute Gasteiger partial charge is 0.465 e. The first-order valence-corrected chi connectivity index (χ1v) is 14.0. The zero-order valence-corrected chi connectivity index (χ0v) is 22.3. The highest BCUT2D eigenvalue weighted by Gasteiger charge is 2.74. The van der Waals surface area contributed by atoms with E-state index in [1.54, 1.807) is 16.7 Å². The molecule has 4 aliphatic heterocycles. The van der Waals surface area contributed by atoms with E-state index in [1.165, 1.54) is 0 Å². The van der Waals surface area contributed by atoms with Gasteiger partial charge in [-0.25, -0.2) is 0 Å². The van der Waals surface area contributed by atoms with E-state index < -0.39 is 33.4 Å². The number of aliphatic hydroxyl groups excluding tert-OH is 1. The normalized spacial score (nSPS) is 37.4. The number of rotatable bonds is 7. The average Bonchev–Trinajstić information content (AvgIpc) is 3.19. The molecule has 8 heteroatoms. The fraction of sp³-hybridized carbons (Fsp3) is 0.741. The molecule has 4 rings (SSSR count). The lowest BCUT2D eigenvalue weighted by Gasteiger charge is -2.41. The summed E-state index contributed by atoms with van der Waals surface area (Å²) in [6.45, 7) is 9.35. The summed E-state index contributed by atoms with van der Waals surface area (Å²) in [6.07, 6.45) is 12.4. The van der Waals surface area contributed by atoms with Gasteiger partial charge in [0.1, 0.15) is 6.04 Å². The highest BCUT2D eigenvalue weighted by Crippen LogP contribution is 2.65. The van der Waals surface area contributed by atoms with Crippen molar-refractivity contribution in [2.24, 2.45) is 17.8 Å². The van der Waals surface area contributed by atoms with Gasteiger partial charge in [-0.15, -0.1) is 11.8 Å². The Balaban J connectivity index is 1.88. The highest BCUT2D eigenvalue weighted by molar-refractivity contribution is 8.02. The van der Waals surface area contributed by atoms with E-state index in [2.05, 4.69) is 19.1 Å². The van der Waals surface area contributed by atoms with Gasteiger partial charge in [0.2, 0.25) is 11.8 Å². The molecule has 1 spiro atoms. The van der Waals surface area contributed by atoms with Gasteiger partial charge in [-0.1, -0.05) is 57.9 Å². The molecular weight excluding hydrogens is 464 g/mol. The first-order chi connectivity index (χ1) is 16.8. The molecule has 0 aromatic carbocycles. The van der Waals surface area contributed by atoms with Crippen molar-refractivity contribution in [1.82, 2.24) is 9.80 Å². The Morgan fingerprint density at radius 1 is 1.17 bits per heavy atom. The zero-order valence-electron chi connectivity index (χ0n) is 21.4. The molecule has 2 amide bonds. The molecule has 35 heavy (non-hydrogen) atoms. The number of carbonyl (C=O) groups excluding carboxylic acids is 3. The lowest BCUT2D eigenvalue weighted by molar-refractivity contribution is -0.155. The van der Waals surface area contributed by atoms with Crippen LogP contribution >= 0.6 is 11.8 Å². The predicted octanol–water partition coefficient (Wildman–Crippen LogP) is 3.17. The van der Waals surface area contributed by atoms with Gasteiger partial charge in [0.15, 0.2) is 0 Å². The lowest BCUT2D eigenvalue weighted by atomic mass is 9.74. The fourth-order valence-electron chi connectivity index (χ4n) is 6.34. The second-order valence-corrected chi connectivity index (χ2v) is 12.4. The van der Waals surface area contributed by atoms with Crippen LogP contribution in [-0.2, 0) is 19.1 Å². The average molecular weight is 505 g/mol. The smallest absolute Gasteiger partial charge is 0.311 e. The van der Waals surface area contributed by atoms with Crippen molar-refractivity contribution in [3.8, 4) is 0 Å². The van der Waals surface area contributed by atoms with E-state index >= 15 is 0 Å². The molecule has 0 radical (unpaired) electrons. The topological polar surface area (TPSA) is 87.2 Å². The second kappa shape index (κ2) is 10.3. The molecule has 0 aromatic heterocycles. The summed E-state index contributed by atoms with van der Waals surface area (Å²) in [7, 11) is 0. The molecular formula is C27H40N2O5S. The van der Waals surface area contributed by atoms with Crippen LogP contribution in [-0.4, -0.2) is 80.6 Å². The van der Waals surface area contributed by atoms with Crippen molar-refractivity contribution in [3.63, 3.8) is 0 Å². The number of cyclic esters (lactones) is 1. The van der Waals surface area contributed by atoms with Crippen LogP contribution in [0.1, 0.15) is 59.8 Å². The fourth-order valence-corrected chi connectivity index (χ4v) is 8.48. The summed E-state index contributed by atoms with van der Waals surface area (Å²) < 4.78 is 4.11. The Morgan fingerprint density at radius 3 is 2.63 bits per heavy atom. The van der Waals surface area contributed by atoms with Gasteiger partial charge in [-0.3, -0.25) is 14.4 Å². The Labute approximate surface area is 213 Å². The van der Waals surface area contributed by atoms with Gasteiger partial charge in [-0.2, -0.15) is 0 Å². The minimum absolute atomic E-state index is 0.00714. The number of hydrogen-bond donors (Lipinski definition) is 1. The predicted molar refractivity (Wildman–Crippen MR) is 137 cm³/mol. The molecule has 7 nitrogen and oxygen atoms in total. The third kappa shape index (κ3) is 4.24. The summed E-state index contributed by atoms with van der Waals surface area (Å²) in [4.78, 5) is 45.5. The second-order valence-electron chi connectivity index (χ2n) is 10.6. The zero-order chi connectivity index (χ0) is 25.4. The van der Waals surface area contributed by atoms with Crippen molar-refractivity contribution >= 4 is 29.5 Å². The number of aliphatic hydroxyl groups is 1. The van der Waals surface area contributed by atoms with Gasteiger partial charge in [0.05, 0.1) is 35.8 Å². The number of allylic oxidation sites excluding steroid dienone is 1. The van der Waals surface area contributed by atoms with Crippen LogP contribution in [0.15, 0.2) is 24.3 Å². The number of amides is 2. The van der Waals surface area contributed by atoms with E-state index in [0.29, 0.717) is 19.7 Å². The van der Waals surface area contributed by atoms with Gasteiger partial charge in [0, 0.05) is 17.8 Å². The number of esters is 1. The highest BCUT2D eigenvalue weighted by atomic mass is 32.2. The van der Waals surface area contributed by atoms with E-state index in [1.807, 2.05) is 37.8 Å². The van der Waals surface area contributed by atoms with Gasteiger partial charge < -0.3 is 19.6 Å². The van der Waals surface area contributed by atoms with E-state index in [-0.39, 0.29) is 30.3 Å². The first-order valence-electron chi connectivity index (χ1n) is 13.2. The molecule has 2 fully saturated rings. The Bertz CT molecular complexity index is 906. The standard InChI is InChI=1S/C27H40N2O5S/c1-5-7-14-28-15-11-13-27-20(21-25(33)34-16-10-8-9-12-26(21,4)35-27)23(31)29(22(27)24(28)32)19(17-30)18(3)6-2/h9,11-13,18-22,30H,5-8,10,14-17H2,1-4H3/b12-9-/t18-,19-,20-,21+,22?,26-,27-/m0/s1. The number of unbranched alkanes of at least 4 members (excludes halogenated alkanes) is 1. The summed E-state index contributed by atoms with van der Waals surface area (Å²) in [5, 5.41) is 10.4. The number of likely N-dealkylation sites (tertiary alicyclic amines) is 1. The number of thioether (sulfide) groups is 1. The molecule has 2 saturated heterocycles. The molecule has 1 unspecified atom stereocenters. The van der Waals surface area contributed by atoms with Crippen LogP contribution in [0.2, 0.25) is 0 Å². The quantitative estimate of drug-likeness (QED) is 0.423. The minimum atomic E-state index is -0.891. The summed E-state index contributed by atoms with van der Waals surface area (Å²) in [6, 6.07) is -1.25. The molecule has 4 aliphatic rings. The Kier molecular flexibility index (Phi) is 7.72. The molecule has 0 saturated carbocycles. The molecule has 0 aliphatic carbocycles. The van der Waals surface area contributed by atoms with Crippen LogP contribution in [0.25, 0.3) is 0 Å². The van der Waals surface area contributed by atoms with Crippen LogP contribution in [0, 0.1) is 17.8 Å². The maximum absolute atomic E-state index is 14.3. The van der Waals surface area contributed by atoms with Crippen LogP contribution in [0.4, 0.5) is 0 Å². The SMILES string of the molecule is CCCCN1CC=C[C@]23S[C@@]4(C)/C=C\CCCOC(=O)[C@H]4[C@H]2C(=O)N([C@@H](CO)[C@@H](C)CC)C3C1=O. The van der Waals surface area contributed by atoms with Crippen molar-refractivity contribution in [2.45, 2.75) is 81.4 Å². The molecule has 0 bridgehead atoms. The molecule has 0 aromatic rings. The number of ether oxygens (including phenoxy) is 1. The summed E-state index contributed by atoms with van der Waals surface area (Å²) in [5.74, 6) is -2.07. The van der Waals surface area contributed by atoms with Crippen molar-refractivity contribution in [2.75, 3.05) is 26.3 Å². The number of carbonyl (C=O) groups is 3. The maximum atomic E-state index is 14.3. The van der Waals surface area contributed by atoms with Crippen LogP contribution in [0.3, 0.4) is 0 Å². The third-order valence-electron chi connectivity index (χ3n) is 8.40. The summed E-state index contributed by atoms with van der Waals surface area (Å²) in [5.41, 5.74) is 0. The number of fused-ring (bicyclic) bond motifs is 2. The monoisotopic (exact) mass is 504 g/mol. The molecule has 7 atom stereocenters. The molecule has 4 heterocycles. The van der Waals surface area contributed by atoms with Crippen molar-refractivity contribution in [3.05, 3.63) is 24.3 Å². The number of hydrogen-bond acceptors (Lipinski definition) is 6. The van der Waals surface area contributed by atoms with Crippen molar-refractivity contribution in [1.29, 1.82) is 0 Å². The lowest BCUT2D eigenvalue weighted by Crippen LogP contribution is -2.58. The number of nitrogens with zero attached hydrogens (tertiary/aromatic N) is 2. The van der Waals surface area contributed by atoms with Gasteiger partial charge in [0.25, 0.3) is 0 Å².